The van der Waals surface area contributed by atoms with Gasteiger partial charge in [-0.2, -0.15) is 0 Å². The number of halogens is 1. The van der Waals surface area contributed by atoms with Gasteiger partial charge >= 0.3 is 0 Å². The van der Waals surface area contributed by atoms with E-state index < -0.39 is 0 Å². The van der Waals surface area contributed by atoms with E-state index >= 15 is 0 Å². The molecule has 3 nitrogen and oxygen atoms in total. The highest BCUT2D eigenvalue weighted by atomic mass is 19.1. The van der Waals surface area contributed by atoms with E-state index in [2.05, 4.69) is 4.98 Å². The minimum Gasteiger partial charge on any atom is -0.439 e. The van der Waals surface area contributed by atoms with E-state index in [1.165, 1.54) is 12.1 Å². The number of pyridine rings is 1. The molecule has 0 amide bonds. The number of aromatic nitrogens is 1. The van der Waals surface area contributed by atoms with Gasteiger partial charge in [0.05, 0.1) is 0 Å². The molecular weight excluding hydrogens is 219 g/mol. The monoisotopic (exact) mass is 232 g/mol. The molecule has 88 valence electrons. The molecule has 2 rings (SSSR count). The molecule has 0 spiro atoms. The lowest BCUT2D eigenvalue weighted by Gasteiger charge is -2.08. The zero-order valence-corrected chi connectivity index (χ0v) is 9.43. The molecule has 0 fully saturated rings. The summed E-state index contributed by atoms with van der Waals surface area (Å²) in [5, 5.41) is 0. The fourth-order valence-electron chi connectivity index (χ4n) is 1.42. The summed E-state index contributed by atoms with van der Waals surface area (Å²) in [6.07, 6.45) is 1.62. The molecule has 1 aromatic heterocycles. The molecule has 0 saturated heterocycles. The van der Waals surface area contributed by atoms with Crippen LogP contribution in [0.15, 0.2) is 42.6 Å². The van der Waals surface area contributed by atoms with E-state index in [4.69, 9.17) is 10.5 Å². The van der Waals surface area contributed by atoms with Crippen molar-refractivity contribution in [3.63, 3.8) is 0 Å². The summed E-state index contributed by atoms with van der Waals surface area (Å²) in [6, 6.07) is 9.40. The second-order valence-corrected chi connectivity index (χ2v) is 3.78. The third-order valence-corrected chi connectivity index (χ3v) is 2.30. The van der Waals surface area contributed by atoms with Gasteiger partial charge < -0.3 is 10.5 Å². The molecule has 1 aromatic carbocycles. The van der Waals surface area contributed by atoms with Crippen molar-refractivity contribution in [1.29, 1.82) is 0 Å². The standard InChI is InChI=1S/C13H13FN2O/c1-9(15)10-5-6-16-13(7-10)17-12-4-2-3-11(14)8-12/h2-9H,15H2,1H3/t9-/m0/s1. The van der Waals surface area contributed by atoms with Crippen LogP contribution in [0, 0.1) is 5.82 Å². The van der Waals surface area contributed by atoms with Crippen LogP contribution in [0.4, 0.5) is 4.39 Å². The molecule has 0 bridgehead atoms. The van der Waals surface area contributed by atoms with E-state index in [9.17, 15) is 4.39 Å². The summed E-state index contributed by atoms with van der Waals surface area (Å²) in [5.74, 6) is 0.482. The second kappa shape index (κ2) is 4.93. The van der Waals surface area contributed by atoms with Crippen molar-refractivity contribution in [3.05, 3.63) is 54.0 Å². The highest BCUT2D eigenvalue weighted by Gasteiger charge is 2.04. The average Bonchev–Trinajstić information content (AvgIpc) is 2.29. The van der Waals surface area contributed by atoms with Gasteiger partial charge in [0.15, 0.2) is 0 Å². The molecule has 17 heavy (non-hydrogen) atoms. The maximum Gasteiger partial charge on any atom is 0.219 e. The Bertz CT molecular complexity index is 514. The van der Waals surface area contributed by atoms with Crippen molar-refractivity contribution >= 4 is 0 Å². The van der Waals surface area contributed by atoms with Crippen molar-refractivity contribution < 1.29 is 9.13 Å². The Kier molecular flexibility index (Phi) is 3.35. The third-order valence-electron chi connectivity index (χ3n) is 2.30. The predicted molar refractivity (Wildman–Crippen MR) is 63.3 cm³/mol. The summed E-state index contributed by atoms with van der Waals surface area (Å²) >= 11 is 0. The van der Waals surface area contributed by atoms with E-state index in [1.54, 1.807) is 24.4 Å². The summed E-state index contributed by atoms with van der Waals surface area (Å²) < 4.78 is 18.4. The molecule has 2 aromatic rings. The van der Waals surface area contributed by atoms with Crippen molar-refractivity contribution in [3.8, 4) is 11.6 Å². The van der Waals surface area contributed by atoms with Crippen LogP contribution in [0.1, 0.15) is 18.5 Å². The Hall–Kier alpha value is -1.94. The number of hydrogen-bond acceptors (Lipinski definition) is 3. The van der Waals surface area contributed by atoms with Gasteiger partial charge in [0, 0.05) is 24.4 Å². The Morgan fingerprint density at radius 1 is 1.29 bits per heavy atom. The summed E-state index contributed by atoms with van der Waals surface area (Å²) in [5.41, 5.74) is 6.68. The van der Waals surface area contributed by atoms with E-state index in [0.717, 1.165) is 5.56 Å². The molecule has 0 aliphatic heterocycles. The number of rotatable bonds is 3. The summed E-state index contributed by atoms with van der Waals surface area (Å²) in [4.78, 5) is 4.05. The van der Waals surface area contributed by atoms with Crippen molar-refractivity contribution in [1.82, 2.24) is 4.98 Å². The summed E-state index contributed by atoms with van der Waals surface area (Å²) in [7, 11) is 0. The van der Waals surface area contributed by atoms with Gasteiger partial charge in [0.25, 0.3) is 0 Å². The van der Waals surface area contributed by atoms with Crippen molar-refractivity contribution in [2.24, 2.45) is 5.73 Å². The third kappa shape index (κ3) is 3.01. The zero-order valence-electron chi connectivity index (χ0n) is 9.43. The molecule has 0 aliphatic rings. The van der Waals surface area contributed by atoms with Crippen LogP contribution in [0.2, 0.25) is 0 Å². The smallest absolute Gasteiger partial charge is 0.219 e. The first-order valence-electron chi connectivity index (χ1n) is 5.30. The Labute approximate surface area is 99.1 Å². The first kappa shape index (κ1) is 11.5. The minimum absolute atomic E-state index is 0.0899. The van der Waals surface area contributed by atoms with Gasteiger partial charge in [-0.1, -0.05) is 6.07 Å². The van der Waals surface area contributed by atoms with Gasteiger partial charge in [-0.05, 0) is 30.7 Å². The van der Waals surface area contributed by atoms with Crippen LogP contribution in [0.3, 0.4) is 0 Å². The molecule has 1 heterocycles. The largest absolute Gasteiger partial charge is 0.439 e. The lowest BCUT2D eigenvalue weighted by Crippen LogP contribution is -2.05. The minimum atomic E-state index is -0.342. The highest BCUT2D eigenvalue weighted by Crippen LogP contribution is 2.22. The zero-order chi connectivity index (χ0) is 12.3. The van der Waals surface area contributed by atoms with E-state index in [0.29, 0.717) is 11.6 Å². The van der Waals surface area contributed by atoms with E-state index in [-0.39, 0.29) is 11.9 Å². The van der Waals surface area contributed by atoms with Crippen LogP contribution in [0.5, 0.6) is 11.6 Å². The second-order valence-electron chi connectivity index (χ2n) is 3.78. The number of nitrogens with zero attached hydrogens (tertiary/aromatic N) is 1. The molecule has 0 radical (unpaired) electrons. The number of ether oxygens (including phenoxy) is 1. The predicted octanol–water partition coefficient (Wildman–Crippen LogP) is 3.03. The van der Waals surface area contributed by atoms with Gasteiger partial charge in [-0.25, -0.2) is 9.37 Å². The number of benzene rings is 1. The lowest BCUT2D eigenvalue weighted by atomic mass is 10.1. The topological polar surface area (TPSA) is 48.1 Å². The Balaban J connectivity index is 2.21. The fraction of sp³-hybridized carbons (Fsp3) is 0.154. The summed E-state index contributed by atoms with van der Waals surface area (Å²) in [6.45, 7) is 1.88. The van der Waals surface area contributed by atoms with Crippen LogP contribution in [-0.2, 0) is 0 Å². The van der Waals surface area contributed by atoms with Crippen LogP contribution < -0.4 is 10.5 Å². The molecule has 1 atom stereocenters. The molecule has 0 unspecified atom stereocenters. The molecular formula is C13H13FN2O. The van der Waals surface area contributed by atoms with Gasteiger partial charge in [-0.3, -0.25) is 0 Å². The van der Waals surface area contributed by atoms with Crippen molar-refractivity contribution in [2.75, 3.05) is 0 Å². The quantitative estimate of drug-likeness (QED) is 0.884. The average molecular weight is 232 g/mol. The number of nitrogens with two attached hydrogens (primary N) is 1. The SMILES string of the molecule is C[C@H](N)c1ccnc(Oc2cccc(F)c2)c1. The first-order valence-corrected chi connectivity index (χ1v) is 5.30. The molecule has 0 saturated carbocycles. The van der Waals surface area contributed by atoms with Gasteiger partial charge in [0.1, 0.15) is 11.6 Å². The fourth-order valence-corrected chi connectivity index (χ4v) is 1.42. The highest BCUT2D eigenvalue weighted by molar-refractivity contribution is 5.30. The van der Waals surface area contributed by atoms with Gasteiger partial charge in [0.2, 0.25) is 5.88 Å². The lowest BCUT2D eigenvalue weighted by molar-refractivity contribution is 0.457. The maximum absolute atomic E-state index is 13.0. The normalized spacial score (nSPS) is 12.2. The van der Waals surface area contributed by atoms with Crippen LogP contribution in [0.25, 0.3) is 0 Å². The van der Waals surface area contributed by atoms with Crippen molar-refractivity contribution in [2.45, 2.75) is 13.0 Å². The van der Waals surface area contributed by atoms with Gasteiger partial charge in [-0.15, -0.1) is 0 Å². The molecule has 2 N–H and O–H groups in total. The van der Waals surface area contributed by atoms with Crippen LogP contribution >= 0.6 is 0 Å². The first-order chi connectivity index (χ1) is 8.15. The maximum atomic E-state index is 13.0. The number of hydrogen-bond donors (Lipinski definition) is 1. The Morgan fingerprint density at radius 3 is 2.82 bits per heavy atom. The van der Waals surface area contributed by atoms with E-state index in [1.807, 2.05) is 13.0 Å². The molecule has 4 heteroatoms. The Morgan fingerprint density at radius 2 is 2.12 bits per heavy atom. The van der Waals surface area contributed by atoms with Crippen LogP contribution in [-0.4, -0.2) is 4.98 Å². The molecule has 0 aliphatic carbocycles.